The zero-order chi connectivity index (χ0) is 10.4. The second-order valence-electron chi connectivity index (χ2n) is 5.23. The minimum atomic E-state index is -0.473. The second-order valence-corrected chi connectivity index (χ2v) is 5.23. The number of nitrogens with one attached hydrogen (secondary N) is 1. The van der Waals surface area contributed by atoms with Gasteiger partial charge in [0.1, 0.15) is 0 Å². The van der Waals surface area contributed by atoms with Gasteiger partial charge in [-0.25, -0.2) is 0 Å². The molecule has 0 saturated carbocycles. The Morgan fingerprint density at radius 1 is 1.27 bits per heavy atom. The molecule has 3 aliphatic heterocycles. The molecule has 3 fully saturated rings. The van der Waals surface area contributed by atoms with Crippen LogP contribution < -0.4 is 5.32 Å². The van der Waals surface area contributed by atoms with Crippen LogP contribution >= 0.6 is 0 Å². The van der Waals surface area contributed by atoms with E-state index >= 15 is 0 Å². The average Bonchev–Trinajstić information content (AvgIpc) is 2.63. The summed E-state index contributed by atoms with van der Waals surface area (Å²) in [5.74, 6) is 0.384. The fourth-order valence-corrected chi connectivity index (χ4v) is 3.02. The Kier molecular flexibility index (Phi) is 2.28. The number of ether oxygens (including phenoxy) is 2. The lowest BCUT2D eigenvalue weighted by Crippen LogP contribution is -2.65. The smallest absolute Gasteiger partial charge is 0.0940 e. The van der Waals surface area contributed by atoms with Gasteiger partial charge in [0.05, 0.1) is 17.8 Å². The first-order valence-corrected chi connectivity index (χ1v) is 5.87. The first-order chi connectivity index (χ1) is 7.23. The van der Waals surface area contributed by atoms with E-state index in [1.165, 1.54) is 0 Å². The maximum absolute atomic E-state index is 10.3. The molecule has 1 spiro atoms. The van der Waals surface area contributed by atoms with Crippen molar-refractivity contribution in [3.8, 4) is 0 Å². The molecule has 4 nitrogen and oxygen atoms in total. The molecule has 0 aliphatic carbocycles. The maximum atomic E-state index is 10.3. The summed E-state index contributed by atoms with van der Waals surface area (Å²) in [6, 6.07) is 0. The van der Waals surface area contributed by atoms with Gasteiger partial charge in [-0.1, -0.05) is 0 Å². The Morgan fingerprint density at radius 3 is 2.73 bits per heavy atom. The molecule has 3 heterocycles. The van der Waals surface area contributed by atoms with Gasteiger partial charge in [0.2, 0.25) is 0 Å². The van der Waals surface area contributed by atoms with Crippen LogP contribution in [0.3, 0.4) is 0 Å². The third-order valence-corrected chi connectivity index (χ3v) is 4.18. The van der Waals surface area contributed by atoms with Crippen LogP contribution in [-0.4, -0.2) is 49.2 Å². The lowest BCUT2D eigenvalue weighted by Gasteiger charge is -2.49. The largest absolute Gasteiger partial charge is 0.387 e. The second kappa shape index (κ2) is 3.42. The molecular weight excluding hydrogens is 194 g/mol. The van der Waals surface area contributed by atoms with Crippen LogP contribution in [0.4, 0.5) is 0 Å². The van der Waals surface area contributed by atoms with E-state index in [2.05, 4.69) is 5.32 Å². The van der Waals surface area contributed by atoms with Gasteiger partial charge in [0, 0.05) is 32.7 Å². The first-order valence-electron chi connectivity index (χ1n) is 5.87. The molecule has 0 aromatic heterocycles. The van der Waals surface area contributed by atoms with Crippen molar-refractivity contribution in [2.45, 2.75) is 30.5 Å². The van der Waals surface area contributed by atoms with Crippen LogP contribution in [0.15, 0.2) is 0 Å². The quantitative estimate of drug-likeness (QED) is 0.639. The highest BCUT2D eigenvalue weighted by Gasteiger charge is 2.50. The van der Waals surface area contributed by atoms with E-state index in [1.54, 1.807) is 0 Å². The maximum Gasteiger partial charge on any atom is 0.0940 e. The topological polar surface area (TPSA) is 50.7 Å². The van der Waals surface area contributed by atoms with Gasteiger partial charge in [-0.3, -0.25) is 0 Å². The summed E-state index contributed by atoms with van der Waals surface area (Å²) in [7, 11) is 0. The molecule has 2 N–H and O–H groups in total. The molecule has 3 aliphatic rings. The SMILES string of the molecule is OC1(C2CCOC3(CCOC3)C2)CNC1. The van der Waals surface area contributed by atoms with Gasteiger partial charge in [0.15, 0.2) is 0 Å². The predicted octanol–water partition coefficient (Wildman–Crippen LogP) is -0.0936. The highest BCUT2D eigenvalue weighted by Crippen LogP contribution is 2.41. The van der Waals surface area contributed by atoms with Crippen molar-refractivity contribution < 1.29 is 14.6 Å². The fraction of sp³-hybridized carbons (Fsp3) is 1.00. The molecule has 3 rings (SSSR count). The normalized spacial score (nSPS) is 44.2. The zero-order valence-corrected chi connectivity index (χ0v) is 9.00. The monoisotopic (exact) mass is 213 g/mol. The Morgan fingerprint density at radius 2 is 2.13 bits per heavy atom. The Balaban J connectivity index is 1.70. The van der Waals surface area contributed by atoms with E-state index in [1.807, 2.05) is 0 Å². The van der Waals surface area contributed by atoms with E-state index in [-0.39, 0.29) is 5.60 Å². The summed E-state index contributed by atoms with van der Waals surface area (Å²) in [4.78, 5) is 0. The molecule has 2 atom stereocenters. The third kappa shape index (κ3) is 1.60. The molecule has 2 unspecified atom stereocenters. The number of β-amino-alcohol motifs (C(OH)–C–C–N with tert-alkyl or cyclic N) is 1. The molecule has 86 valence electrons. The highest BCUT2D eigenvalue weighted by atomic mass is 16.6. The first kappa shape index (κ1) is 10.0. The van der Waals surface area contributed by atoms with Gasteiger partial charge in [0.25, 0.3) is 0 Å². The highest BCUT2D eigenvalue weighted by molar-refractivity contribution is 5.03. The van der Waals surface area contributed by atoms with Gasteiger partial charge in [-0.05, 0) is 18.8 Å². The van der Waals surface area contributed by atoms with Crippen molar-refractivity contribution in [2.24, 2.45) is 5.92 Å². The molecule has 4 heteroatoms. The van der Waals surface area contributed by atoms with E-state index < -0.39 is 5.60 Å². The average molecular weight is 213 g/mol. The van der Waals surface area contributed by atoms with E-state index in [0.717, 1.165) is 45.6 Å². The Hall–Kier alpha value is -0.160. The van der Waals surface area contributed by atoms with E-state index in [4.69, 9.17) is 9.47 Å². The zero-order valence-electron chi connectivity index (χ0n) is 9.00. The van der Waals surface area contributed by atoms with Crippen LogP contribution in [-0.2, 0) is 9.47 Å². The summed E-state index contributed by atoms with van der Waals surface area (Å²) >= 11 is 0. The molecule has 0 aromatic carbocycles. The van der Waals surface area contributed by atoms with Crippen molar-refractivity contribution >= 4 is 0 Å². The molecular formula is C11H19NO3. The fourth-order valence-electron chi connectivity index (χ4n) is 3.02. The standard InChI is InChI=1S/C11H19NO3/c13-11(6-12-7-11)9-1-3-15-10(5-9)2-4-14-8-10/h9,12-13H,1-8H2. The summed E-state index contributed by atoms with van der Waals surface area (Å²) in [6.07, 6.45) is 2.94. The van der Waals surface area contributed by atoms with E-state index in [0.29, 0.717) is 12.5 Å². The van der Waals surface area contributed by atoms with Gasteiger partial charge >= 0.3 is 0 Å². The summed E-state index contributed by atoms with van der Waals surface area (Å²) in [5.41, 5.74) is -0.548. The van der Waals surface area contributed by atoms with Gasteiger partial charge < -0.3 is 19.9 Å². The van der Waals surface area contributed by atoms with Crippen molar-refractivity contribution in [1.29, 1.82) is 0 Å². The minimum absolute atomic E-state index is 0.0752. The molecule has 0 bridgehead atoms. The molecule has 3 saturated heterocycles. The van der Waals surface area contributed by atoms with Gasteiger partial charge in [-0.2, -0.15) is 0 Å². The molecule has 0 aromatic rings. The van der Waals surface area contributed by atoms with E-state index in [9.17, 15) is 5.11 Å². The third-order valence-electron chi connectivity index (χ3n) is 4.18. The summed E-state index contributed by atoms with van der Waals surface area (Å²) in [6.45, 7) is 3.79. The van der Waals surface area contributed by atoms with Crippen LogP contribution in [0.1, 0.15) is 19.3 Å². The van der Waals surface area contributed by atoms with Crippen LogP contribution in [0.2, 0.25) is 0 Å². The van der Waals surface area contributed by atoms with Crippen molar-refractivity contribution in [2.75, 3.05) is 32.9 Å². The number of aliphatic hydroxyl groups is 1. The Labute approximate surface area is 89.9 Å². The Bertz CT molecular complexity index is 246. The van der Waals surface area contributed by atoms with Crippen molar-refractivity contribution in [3.05, 3.63) is 0 Å². The molecule has 0 radical (unpaired) electrons. The number of hydrogen-bond donors (Lipinski definition) is 2. The van der Waals surface area contributed by atoms with Crippen LogP contribution in [0.5, 0.6) is 0 Å². The van der Waals surface area contributed by atoms with Crippen LogP contribution in [0, 0.1) is 5.92 Å². The minimum Gasteiger partial charge on any atom is -0.387 e. The summed E-state index contributed by atoms with van der Waals surface area (Å²) in [5, 5.41) is 13.5. The molecule has 0 amide bonds. The van der Waals surface area contributed by atoms with Crippen molar-refractivity contribution in [1.82, 2.24) is 5.32 Å². The lowest BCUT2D eigenvalue weighted by molar-refractivity contribution is -0.155. The number of hydrogen-bond acceptors (Lipinski definition) is 4. The number of rotatable bonds is 1. The predicted molar refractivity (Wildman–Crippen MR) is 54.7 cm³/mol. The summed E-state index contributed by atoms with van der Waals surface area (Å²) < 4.78 is 11.3. The van der Waals surface area contributed by atoms with Gasteiger partial charge in [-0.15, -0.1) is 0 Å². The van der Waals surface area contributed by atoms with Crippen molar-refractivity contribution in [3.63, 3.8) is 0 Å². The lowest BCUT2D eigenvalue weighted by atomic mass is 9.72. The van der Waals surface area contributed by atoms with Crippen LogP contribution in [0.25, 0.3) is 0 Å². The molecule has 15 heavy (non-hydrogen) atoms.